The normalized spacial score (nSPS) is 17.0. The number of aromatic nitrogens is 2. The zero-order valence-corrected chi connectivity index (χ0v) is 16.8. The summed E-state index contributed by atoms with van der Waals surface area (Å²) in [5.41, 5.74) is 0.793. The maximum atomic E-state index is 14.6. The molecule has 0 amide bonds. The lowest BCUT2D eigenvalue weighted by atomic mass is 9.99. The van der Waals surface area contributed by atoms with Crippen molar-refractivity contribution in [2.24, 2.45) is 5.41 Å². The molecule has 0 unspecified atom stereocenters. The summed E-state index contributed by atoms with van der Waals surface area (Å²) in [6.07, 6.45) is 6.91. The standard InChI is InChI=1S/C22H25F3N4/c1-5-26-12-16-19(14(2)21(3)9-10-21)28-13-29-20(16)27-11-15-7-6-8-17(18(15)23)22(4,24)25/h5-8,12-13,26H,1,9-11H2,2-4H3,(H,27,28,29)/b16-12+,19-14+. The third kappa shape index (κ3) is 4.44. The van der Waals surface area contributed by atoms with Crippen LogP contribution >= 0.6 is 0 Å². The van der Waals surface area contributed by atoms with E-state index in [4.69, 9.17) is 0 Å². The molecule has 7 heteroatoms. The first-order valence-corrected chi connectivity index (χ1v) is 9.46. The van der Waals surface area contributed by atoms with Gasteiger partial charge in [-0.15, -0.1) is 0 Å². The molecule has 0 spiro atoms. The summed E-state index contributed by atoms with van der Waals surface area (Å²) in [6, 6.07) is 4.01. The van der Waals surface area contributed by atoms with Crippen molar-refractivity contribution >= 4 is 17.6 Å². The molecule has 0 bridgehead atoms. The summed E-state index contributed by atoms with van der Waals surface area (Å²) < 4.78 is 41.8. The van der Waals surface area contributed by atoms with E-state index in [-0.39, 0.29) is 17.5 Å². The number of benzene rings is 1. The molecule has 3 rings (SSSR count). The van der Waals surface area contributed by atoms with E-state index in [1.54, 1.807) is 6.20 Å². The Bertz CT molecular complexity index is 1040. The number of nitrogens with zero attached hydrogens (tertiary/aromatic N) is 2. The maximum Gasteiger partial charge on any atom is 0.273 e. The van der Waals surface area contributed by atoms with Crippen LogP contribution in [0.1, 0.15) is 44.7 Å². The molecule has 1 saturated carbocycles. The zero-order chi connectivity index (χ0) is 21.2. The lowest BCUT2D eigenvalue weighted by Gasteiger charge is -2.15. The van der Waals surface area contributed by atoms with E-state index in [2.05, 4.69) is 41.0 Å². The third-order valence-corrected chi connectivity index (χ3v) is 5.49. The van der Waals surface area contributed by atoms with E-state index >= 15 is 0 Å². The first kappa shape index (κ1) is 20.9. The summed E-state index contributed by atoms with van der Waals surface area (Å²) >= 11 is 0. The van der Waals surface area contributed by atoms with Gasteiger partial charge in [0.1, 0.15) is 18.0 Å². The van der Waals surface area contributed by atoms with Crippen molar-refractivity contribution in [3.8, 4) is 0 Å². The second-order valence-electron chi connectivity index (χ2n) is 7.71. The van der Waals surface area contributed by atoms with Crippen LogP contribution in [0.3, 0.4) is 0 Å². The molecule has 0 atom stereocenters. The highest BCUT2D eigenvalue weighted by atomic mass is 19.3. The molecule has 4 nitrogen and oxygen atoms in total. The fourth-order valence-electron chi connectivity index (χ4n) is 3.20. The molecular formula is C22H25F3N4. The molecule has 1 aromatic heterocycles. The summed E-state index contributed by atoms with van der Waals surface area (Å²) in [5.74, 6) is -3.67. The highest BCUT2D eigenvalue weighted by molar-refractivity contribution is 5.55. The molecule has 2 aromatic rings. The van der Waals surface area contributed by atoms with Crippen molar-refractivity contribution in [2.45, 2.75) is 46.1 Å². The lowest BCUT2D eigenvalue weighted by Crippen LogP contribution is -2.36. The molecule has 1 fully saturated rings. The number of hydrogen-bond acceptors (Lipinski definition) is 4. The molecule has 1 aliphatic carbocycles. The van der Waals surface area contributed by atoms with E-state index in [1.165, 1.54) is 24.7 Å². The molecule has 29 heavy (non-hydrogen) atoms. The van der Waals surface area contributed by atoms with E-state index < -0.39 is 17.3 Å². The Balaban J connectivity index is 2.00. The Morgan fingerprint density at radius 1 is 1.31 bits per heavy atom. The van der Waals surface area contributed by atoms with Gasteiger partial charge in [-0.2, -0.15) is 0 Å². The van der Waals surface area contributed by atoms with Gasteiger partial charge in [0, 0.05) is 25.2 Å². The minimum absolute atomic E-state index is 0.0114. The average molecular weight is 402 g/mol. The predicted octanol–water partition coefficient (Wildman–Crippen LogP) is 3.78. The third-order valence-electron chi connectivity index (χ3n) is 5.49. The van der Waals surface area contributed by atoms with Gasteiger partial charge in [-0.3, -0.25) is 0 Å². The summed E-state index contributed by atoms with van der Waals surface area (Å²) in [6.45, 7) is 8.59. The molecule has 1 aliphatic rings. The maximum absolute atomic E-state index is 14.6. The van der Waals surface area contributed by atoms with Crippen LogP contribution in [0.25, 0.3) is 11.8 Å². The van der Waals surface area contributed by atoms with Gasteiger partial charge < -0.3 is 10.6 Å². The van der Waals surface area contributed by atoms with Crippen LogP contribution in [0.5, 0.6) is 0 Å². The Morgan fingerprint density at radius 3 is 2.66 bits per heavy atom. The topological polar surface area (TPSA) is 49.8 Å². The molecule has 0 saturated heterocycles. The molecule has 2 N–H and O–H groups in total. The Labute approximate surface area is 168 Å². The Morgan fingerprint density at radius 2 is 2.03 bits per heavy atom. The molecule has 154 valence electrons. The lowest BCUT2D eigenvalue weighted by molar-refractivity contribution is 0.0136. The van der Waals surface area contributed by atoms with Gasteiger partial charge in [-0.1, -0.05) is 31.7 Å². The molecule has 0 aliphatic heterocycles. The van der Waals surface area contributed by atoms with Crippen molar-refractivity contribution < 1.29 is 13.2 Å². The predicted molar refractivity (Wildman–Crippen MR) is 109 cm³/mol. The van der Waals surface area contributed by atoms with Crippen molar-refractivity contribution in [1.82, 2.24) is 15.3 Å². The van der Waals surface area contributed by atoms with Gasteiger partial charge in [0.15, 0.2) is 0 Å². The van der Waals surface area contributed by atoms with Gasteiger partial charge in [-0.25, -0.2) is 23.1 Å². The minimum Gasteiger partial charge on any atom is -0.367 e. The first-order valence-electron chi connectivity index (χ1n) is 9.46. The second kappa shape index (κ2) is 7.89. The van der Waals surface area contributed by atoms with Gasteiger partial charge >= 0.3 is 0 Å². The summed E-state index contributed by atoms with van der Waals surface area (Å²) in [5, 5.41) is 7.53. The zero-order valence-electron chi connectivity index (χ0n) is 16.8. The highest BCUT2D eigenvalue weighted by Crippen LogP contribution is 2.51. The Kier molecular flexibility index (Phi) is 5.68. The van der Waals surface area contributed by atoms with Crippen LogP contribution in [0, 0.1) is 11.2 Å². The smallest absolute Gasteiger partial charge is 0.273 e. The largest absolute Gasteiger partial charge is 0.367 e. The monoisotopic (exact) mass is 402 g/mol. The van der Waals surface area contributed by atoms with Crippen LogP contribution in [-0.2, 0) is 12.5 Å². The van der Waals surface area contributed by atoms with Gasteiger partial charge in [-0.05, 0) is 37.0 Å². The first-order chi connectivity index (χ1) is 13.7. The average Bonchev–Trinajstić information content (AvgIpc) is 3.43. The van der Waals surface area contributed by atoms with Crippen LogP contribution in [-0.4, -0.2) is 9.97 Å². The number of nitrogens with one attached hydrogen (secondary N) is 2. The molecule has 1 heterocycles. The number of halogens is 3. The molecular weight excluding hydrogens is 377 g/mol. The quantitative estimate of drug-likeness (QED) is 0.740. The van der Waals surface area contributed by atoms with Crippen LogP contribution in [0.4, 0.5) is 19.0 Å². The van der Waals surface area contributed by atoms with E-state index in [0.29, 0.717) is 12.7 Å². The van der Waals surface area contributed by atoms with Crippen molar-refractivity contribution in [3.63, 3.8) is 0 Å². The number of hydrogen-bond donors (Lipinski definition) is 2. The van der Waals surface area contributed by atoms with Gasteiger partial charge in [0.25, 0.3) is 5.92 Å². The van der Waals surface area contributed by atoms with Crippen LogP contribution in [0.15, 0.2) is 37.3 Å². The summed E-state index contributed by atoms with van der Waals surface area (Å²) in [7, 11) is 0. The van der Waals surface area contributed by atoms with Crippen LogP contribution in [0.2, 0.25) is 0 Å². The number of anilines is 1. The van der Waals surface area contributed by atoms with Crippen molar-refractivity contribution in [2.75, 3.05) is 5.32 Å². The minimum atomic E-state index is -3.25. The number of rotatable bonds is 7. The van der Waals surface area contributed by atoms with Crippen molar-refractivity contribution in [3.05, 3.63) is 64.8 Å². The van der Waals surface area contributed by atoms with E-state index in [0.717, 1.165) is 35.0 Å². The SMILES string of the molecule is C=CN/C=c1/c(NCc2cccc(C(C)(F)F)c2F)ncn/c1=C(\C)C1(C)CC1. The second-order valence-corrected chi connectivity index (χ2v) is 7.71. The van der Waals surface area contributed by atoms with Crippen molar-refractivity contribution in [1.29, 1.82) is 0 Å². The Hall–Kier alpha value is -2.83. The molecule has 0 radical (unpaired) electrons. The van der Waals surface area contributed by atoms with E-state index in [1.807, 2.05) is 0 Å². The van der Waals surface area contributed by atoms with E-state index in [9.17, 15) is 13.2 Å². The fraction of sp³-hybridized carbons (Fsp3) is 0.364. The molecule has 1 aromatic carbocycles. The fourth-order valence-corrected chi connectivity index (χ4v) is 3.20. The van der Waals surface area contributed by atoms with Crippen LogP contribution < -0.4 is 21.2 Å². The highest BCUT2D eigenvalue weighted by Gasteiger charge is 2.39. The van der Waals surface area contributed by atoms with Gasteiger partial charge in [0.05, 0.1) is 16.1 Å². The van der Waals surface area contributed by atoms with Gasteiger partial charge in [0.2, 0.25) is 0 Å². The number of alkyl halides is 2. The summed E-state index contributed by atoms with van der Waals surface area (Å²) in [4.78, 5) is 8.73.